The van der Waals surface area contributed by atoms with E-state index < -0.39 is 36.0 Å². The van der Waals surface area contributed by atoms with Gasteiger partial charge in [-0.25, -0.2) is 4.79 Å². The van der Waals surface area contributed by atoms with Crippen molar-refractivity contribution in [2.45, 2.75) is 76.8 Å². The van der Waals surface area contributed by atoms with E-state index in [1.165, 1.54) is 0 Å². The Labute approximate surface area is 235 Å². The number of ether oxygens (including phenoxy) is 2. The van der Waals surface area contributed by atoms with Crippen LogP contribution < -0.4 is 16.0 Å². The molecule has 0 spiro atoms. The molecule has 0 heterocycles. The Kier molecular flexibility index (Phi) is 14.7. The Morgan fingerprint density at radius 2 is 1.35 bits per heavy atom. The van der Waals surface area contributed by atoms with Gasteiger partial charge in [-0.15, -0.1) is 0 Å². The van der Waals surface area contributed by atoms with Gasteiger partial charge in [0, 0.05) is 12.8 Å². The van der Waals surface area contributed by atoms with Crippen LogP contribution >= 0.6 is 0 Å². The van der Waals surface area contributed by atoms with Crippen molar-refractivity contribution < 1.29 is 33.4 Å². The number of hydrogen-bond donors (Lipinski definition) is 3. The van der Waals surface area contributed by atoms with Crippen molar-refractivity contribution in [2.75, 3.05) is 7.05 Å². The second-order valence-corrected chi connectivity index (χ2v) is 9.32. The summed E-state index contributed by atoms with van der Waals surface area (Å²) in [5, 5.41) is 8.15. The topological polar surface area (TPSA) is 140 Å². The Morgan fingerprint density at radius 1 is 0.775 bits per heavy atom. The van der Waals surface area contributed by atoms with Gasteiger partial charge in [0.25, 0.3) is 0 Å². The first-order valence-electron chi connectivity index (χ1n) is 13.5. The number of carbonyl (C=O) groups is 5. The number of benzene rings is 2. The largest absolute Gasteiger partial charge is 0.461 e. The third kappa shape index (κ3) is 12.2. The van der Waals surface area contributed by atoms with Gasteiger partial charge in [0.1, 0.15) is 25.5 Å². The fraction of sp³-hybridized carbons (Fsp3) is 0.433. The van der Waals surface area contributed by atoms with Crippen molar-refractivity contribution in [3.8, 4) is 0 Å². The molecule has 0 aliphatic rings. The molecule has 2 aromatic rings. The Hall–Kier alpha value is -4.05. The van der Waals surface area contributed by atoms with Gasteiger partial charge in [0.2, 0.25) is 11.8 Å². The highest BCUT2D eigenvalue weighted by atomic mass is 16.5. The van der Waals surface area contributed by atoms with Crippen molar-refractivity contribution in [1.29, 1.82) is 0 Å². The molecule has 2 amide bonds. The first kappa shape index (κ1) is 32.2. The zero-order chi connectivity index (χ0) is 29.2. The van der Waals surface area contributed by atoms with Crippen molar-refractivity contribution >= 4 is 30.0 Å². The predicted molar refractivity (Wildman–Crippen MR) is 149 cm³/mol. The molecule has 40 heavy (non-hydrogen) atoms. The minimum Gasteiger partial charge on any atom is -0.461 e. The molecule has 0 radical (unpaired) electrons. The van der Waals surface area contributed by atoms with Crippen molar-refractivity contribution in [1.82, 2.24) is 16.0 Å². The summed E-state index contributed by atoms with van der Waals surface area (Å²) in [4.78, 5) is 61.7. The molecular formula is C30H39N3O7. The van der Waals surface area contributed by atoms with E-state index in [1.807, 2.05) is 55.5 Å². The van der Waals surface area contributed by atoms with E-state index in [0.29, 0.717) is 12.7 Å². The first-order chi connectivity index (χ1) is 19.4. The highest BCUT2D eigenvalue weighted by Crippen LogP contribution is 2.09. The van der Waals surface area contributed by atoms with Crippen molar-refractivity contribution in [2.24, 2.45) is 0 Å². The standard InChI is InChI=1S/C30H39N3O7/c1-3-10-24(19-34)32-27(35)17-15-25(31-2)29(37)33-26(30(38)40-21-23-13-8-5-9-14-23)16-18-28(36)39-20-22-11-6-4-7-12-22/h4-9,11-14,19,24-26,31H,3,10,15-18,20-21H2,1-2H3,(H,32,35)(H,33,37). The van der Waals surface area contributed by atoms with Gasteiger partial charge >= 0.3 is 11.9 Å². The third-order valence-corrected chi connectivity index (χ3v) is 6.14. The third-order valence-electron chi connectivity index (χ3n) is 6.14. The summed E-state index contributed by atoms with van der Waals surface area (Å²) < 4.78 is 10.7. The minimum absolute atomic E-state index is 0.00190. The molecule has 3 unspecified atom stereocenters. The SMILES string of the molecule is CCCC(C=O)NC(=O)CCC(NC)C(=O)NC(CCC(=O)OCc1ccccc1)C(=O)OCc1ccccc1. The molecule has 216 valence electrons. The molecule has 3 N–H and O–H groups in total. The molecule has 0 bridgehead atoms. The van der Waals surface area contributed by atoms with Crippen LogP contribution in [0.15, 0.2) is 60.7 Å². The quantitative estimate of drug-likeness (QED) is 0.189. The second-order valence-electron chi connectivity index (χ2n) is 9.32. The summed E-state index contributed by atoms with van der Waals surface area (Å²) in [6.07, 6.45) is 1.97. The zero-order valence-electron chi connectivity index (χ0n) is 23.1. The van der Waals surface area contributed by atoms with E-state index in [9.17, 15) is 24.0 Å². The zero-order valence-corrected chi connectivity index (χ0v) is 23.1. The fourth-order valence-electron chi connectivity index (χ4n) is 3.87. The van der Waals surface area contributed by atoms with E-state index >= 15 is 0 Å². The molecule has 10 nitrogen and oxygen atoms in total. The molecule has 3 atom stereocenters. The molecular weight excluding hydrogens is 514 g/mol. The average Bonchev–Trinajstić information content (AvgIpc) is 2.98. The summed E-state index contributed by atoms with van der Waals surface area (Å²) in [5.41, 5.74) is 1.61. The molecule has 0 aromatic heterocycles. The molecule has 2 rings (SSSR count). The van der Waals surface area contributed by atoms with Crippen LogP contribution in [0.1, 0.15) is 56.6 Å². The molecule has 10 heteroatoms. The van der Waals surface area contributed by atoms with Gasteiger partial charge < -0.3 is 30.2 Å². The Balaban J connectivity index is 1.97. The Bertz CT molecular complexity index is 1080. The minimum atomic E-state index is -1.10. The van der Waals surface area contributed by atoms with E-state index in [-0.39, 0.29) is 44.8 Å². The molecule has 0 saturated carbocycles. The summed E-state index contributed by atoms with van der Waals surface area (Å²) >= 11 is 0. The molecule has 0 fully saturated rings. The van der Waals surface area contributed by atoms with Crippen LogP contribution in [0.2, 0.25) is 0 Å². The van der Waals surface area contributed by atoms with Crippen LogP contribution in [0, 0.1) is 0 Å². The van der Waals surface area contributed by atoms with E-state index in [2.05, 4.69) is 16.0 Å². The number of likely N-dealkylation sites (N-methyl/N-ethyl adjacent to an activating group) is 1. The van der Waals surface area contributed by atoms with Crippen LogP contribution in [-0.2, 0) is 46.7 Å². The normalized spacial score (nSPS) is 12.8. The lowest BCUT2D eigenvalue weighted by Gasteiger charge is -2.22. The number of rotatable bonds is 18. The van der Waals surface area contributed by atoms with E-state index in [0.717, 1.165) is 17.5 Å². The monoisotopic (exact) mass is 553 g/mol. The highest BCUT2D eigenvalue weighted by molar-refractivity contribution is 5.88. The summed E-state index contributed by atoms with van der Waals surface area (Å²) in [6, 6.07) is 15.8. The summed E-state index contributed by atoms with van der Waals surface area (Å²) in [6.45, 7) is 2.02. The van der Waals surface area contributed by atoms with Crippen molar-refractivity contribution in [3.05, 3.63) is 71.8 Å². The van der Waals surface area contributed by atoms with Crippen LogP contribution in [0.5, 0.6) is 0 Å². The van der Waals surface area contributed by atoms with Crippen LogP contribution in [0.4, 0.5) is 0 Å². The lowest BCUT2D eigenvalue weighted by molar-refractivity contribution is -0.151. The predicted octanol–water partition coefficient (Wildman–Crippen LogP) is 2.59. The lowest BCUT2D eigenvalue weighted by Crippen LogP contribution is -2.50. The summed E-state index contributed by atoms with van der Waals surface area (Å²) in [7, 11) is 1.57. The van der Waals surface area contributed by atoms with Crippen LogP contribution in [0.25, 0.3) is 0 Å². The van der Waals surface area contributed by atoms with Crippen LogP contribution in [-0.4, -0.2) is 55.2 Å². The number of nitrogens with one attached hydrogen (secondary N) is 3. The number of amides is 2. The summed E-state index contributed by atoms with van der Waals surface area (Å²) in [5.74, 6) is -2.07. The molecule has 2 aromatic carbocycles. The molecule has 0 aliphatic carbocycles. The smallest absolute Gasteiger partial charge is 0.328 e. The highest BCUT2D eigenvalue weighted by Gasteiger charge is 2.27. The Morgan fingerprint density at radius 3 is 1.90 bits per heavy atom. The van der Waals surface area contributed by atoms with Gasteiger partial charge in [-0.05, 0) is 37.4 Å². The lowest BCUT2D eigenvalue weighted by atomic mass is 10.1. The number of esters is 2. The molecule has 0 saturated heterocycles. The van der Waals surface area contributed by atoms with Crippen molar-refractivity contribution in [3.63, 3.8) is 0 Å². The maximum Gasteiger partial charge on any atom is 0.328 e. The van der Waals surface area contributed by atoms with Gasteiger partial charge in [0.15, 0.2) is 0 Å². The van der Waals surface area contributed by atoms with Gasteiger partial charge in [-0.1, -0.05) is 74.0 Å². The molecule has 0 aliphatic heterocycles. The van der Waals surface area contributed by atoms with Gasteiger partial charge in [0.05, 0.1) is 12.1 Å². The maximum atomic E-state index is 13.0. The van der Waals surface area contributed by atoms with Gasteiger partial charge in [-0.2, -0.15) is 0 Å². The number of hydrogen-bond acceptors (Lipinski definition) is 8. The van der Waals surface area contributed by atoms with Crippen LogP contribution in [0.3, 0.4) is 0 Å². The van der Waals surface area contributed by atoms with E-state index in [4.69, 9.17) is 9.47 Å². The maximum absolute atomic E-state index is 13.0. The van der Waals surface area contributed by atoms with E-state index in [1.54, 1.807) is 19.2 Å². The fourth-order valence-corrected chi connectivity index (χ4v) is 3.87. The second kappa shape index (κ2) is 18.3. The van der Waals surface area contributed by atoms with Gasteiger partial charge in [-0.3, -0.25) is 14.4 Å². The first-order valence-corrected chi connectivity index (χ1v) is 13.5. The number of aldehydes is 1. The number of carbonyl (C=O) groups excluding carboxylic acids is 5. The average molecular weight is 554 g/mol.